The lowest BCUT2D eigenvalue weighted by atomic mass is 9.90. The maximum Gasteiger partial charge on any atom is 0.335 e. The van der Waals surface area contributed by atoms with E-state index in [1.807, 2.05) is 19.9 Å². The average molecular weight is 412 g/mol. The van der Waals surface area contributed by atoms with Gasteiger partial charge in [-0.15, -0.1) is 0 Å². The molecule has 3 N–H and O–H groups in total. The number of aromatic hydroxyl groups is 1. The van der Waals surface area contributed by atoms with Gasteiger partial charge in [0.1, 0.15) is 0 Å². The molecule has 0 aliphatic carbocycles. The SMILES string of the molecule is CC.O=C(O)c1cccc(-c2ccc(O)s2)c1.c1ccc(C2CCNCC2)cc1. The van der Waals surface area contributed by atoms with Crippen molar-refractivity contribution in [3.63, 3.8) is 0 Å². The van der Waals surface area contributed by atoms with Crippen molar-refractivity contribution in [3.8, 4) is 15.5 Å². The number of nitrogens with one attached hydrogen (secondary N) is 1. The first kappa shape index (κ1) is 22.7. The second-order valence-electron chi connectivity index (χ2n) is 6.46. The van der Waals surface area contributed by atoms with E-state index < -0.39 is 5.97 Å². The summed E-state index contributed by atoms with van der Waals surface area (Å²) < 4.78 is 0. The van der Waals surface area contributed by atoms with Gasteiger partial charge in [-0.1, -0.05) is 67.6 Å². The third-order valence-electron chi connectivity index (χ3n) is 4.60. The smallest absolute Gasteiger partial charge is 0.335 e. The fourth-order valence-corrected chi connectivity index (χ4v) is 3.91. The highest BCUT2D eigenvalue weighted by Crippen LogP contribution is 2.32. The molecule has 1 aliphatic heterocycles. The Labute approximate surface area is 176 Å². The molecule has 0 saturated carbocycles. The summed E-state index contributed by atoms with van der Waals surface area (Å²) in [6.07, 6.45) is 2.59. The monoisotopic (exact) mass is 411 g/mol. The number of benzene rings is 2. The van der Waals surface area contributed by atoms with Gasteiger partial charge in [0.25, 0.3) is 0 Å². The molecule has 3 aromatic rings. The van der Waals surface area contributed by atoms with Gasteiger partial charge in [0.2, 0.25) is 0 Å². The minimum Gasteiger partial charge on any atom is -0.499 e. The van der Waals surface area contributed by atoms with Gasteiger partial charge in [-0.3, -0.25) is 0 Å². The van der Waals surface area contributed by atoms with Gasteiger partial charge in [0.15, 0.2) is 5.06 Å². The standard InChI is InChI=1S/C11H15N.C11H8O3S.C2H6/c1-2-4-10(5-3-1)11-6-8-12-9-7-11;12-10-5-4-9(15-10)7-2-1-3-8(6-7)11(13)14;1-2/h1-5,11-12H,6-9H2;1-6,12H,(H,13,14);1-2H3. The van der Waals surface area contributed by atoms with E-state index in [9.17, 15) is 9.90 Å². The minimum absolute atomic E-state index is 0.228. The molecule has 1 saturated heterocycles. The number of thiophene rings is 1. The Bertz CT molecular complexity index is 871. The summed E-state index contributed by atoms with van der Waals surface area (Å²) >= 11 is 1.22. The van der Waals surface area contributed by atoms with Crippen LogP contribution in [0.1, 0.15) is 48.5 Å². The van der Waals surface area contributed by atoms with Crippen molar-refractivity contribution in [2.45, 2.75) is 32.6 Å². The van der Waals surface area contributed by atoms with E-state index in [1.165, 1.54) is 42.8 Å². The Balaban J connectivity index is 0.000000194. The molecule has 154 valence electrons. The summed E-state index contributed by atoms with van der Waals surface area (Å²) in [4.78, 5) is 11.6. The Hall–Kier alpha value is -2.63. The molecule has 1 aromatic heterocycles. The average Bonchev–Trinajstić information content (AvgIpc) is 3.23. The Morgan fingerprint density at radius 1 is 0.966 bits per heavy atom. The number of carboxylic acids is 1. The molecule has 0 spiro atoms. The summed E-state index contributed by atoms with van der Waals surface area (Å²) in [5, 5.41) is 21.6. The van der Waals surface area contributed by atoms with Crippen LogP contribution in [0.25, 0.3) is 10.4 Å². The first-order chi connectivity index (χ1) is 14.1. The lowest BCUT2D eigenvalue weighted by molar-refractivity contribution is 0.0697. The maximum atomic E-state index is 10.7. The Morgan fingerprint density at radius 3 is 2.24 bits per heavy atom. The predicted octanol–water partition coefficient (Wildman–Crippen LogP) is 6.00. The van der Waals surface area contributed by atoms with Crippen LogP contribution in [-0.2, 0) is 0 Å². The molecule has 1 aliphatic rings. The van der Waals surface area contributed by atoms with Crippen LogP contribution in [0.15, 0.2) is 66.7 Å². The largest absolute Gasteiger partial charge is 0.499 e. The van der Waals surface area contributed by atoms with Crippen LogP contribution in [0.4, 0.5) is 0 Å². The molecule has 4 nitrogen and oxygen atoms in total. The van der Waals surface area contributed by atoms with Crippen molar-refractivity contribution in [1.82, 2.24) is 5.32 Å². The first-order valence-electron chi connectivity index (χ1n) is 10.0. The van der Waals surface area contributed by atoms with Gasteiger partial charge in [-0.25, -0.2) is 4.79 Å². The highest BCUT2D eigenvalue weighted by Gasteiger charge is 2.13. The normalized spacial score (nSPS) is 13.4. The van der Waals surface area contributed by atoms with E-state index in [-0.39, 0.29) is 10.6 Å². The van der Waals surface area contributed by atoms with E-state index in [1.54, 1.807) is 30.3 Å². The summed E-state index contributed by atoms with van der Waals surface area (Å²) in [7, 11) is 0. The first-order valence-corrected chi connectivity index (χ1v) is 10.8. The Morgan fingerprint density at radius 2 is 1.66 bits per heavy atom. The maximum absolute atomic E-state index is 10.7. The van der Waals surface area contributed by atoms with Gasteiger partial charge in [-0.05, 0) is 67.2 Å². The van der Waals surface area contributed by atoms with Gasteiger partial charge in [-0.2, -0.15) is 0 Å². The van der Waals surface area contributed by atoms with Crippen molar-refractivity contribution in [3.05, 3.63) is 77.9 Å². The number of carbonyl (C=O) groups is 1. The molecule has 5 heteroatoms. The molecule has 0 radical (unpaired) electrons. The molecule has 4 rings (SSSR count). The molecular weight excluding hydrogens is 382 g/mol. The van der Waals surface area contributed by atoms with Crippen LogP contribution >= 0.6 is 11.3 Å². The van der Waals surface area contributed by atoms with Gasteiger partial charge < -0.3 is 15.5 Å². The van der Waals surface area contributed by atoms with Gasteiger partial charge in [0, 0.05) is 4.88 Å². The van der Waals surface area contributed by atoms with Crippen LogP contribution in [0.3, 0.4) is 0 Å². The minimum atomic E-state index is -0.947. The third kappa shape index (κ3) is 7.04. The van der Waals surface area contributed by atoms with E-state index in [4.69, 9.17) is 5.11 Å². The lowest BCUT2D eigenvalue weighted by Crippen LogP contribution is -2.26. The zero-order valence-corrected chi connectivity index (χ0v) is 17.8. The number of hydrogen-bond donors (Lipinski definition) is 3. The third-order valence-corrected chi connectivity index (χ3v) is 5.53. The Kier molecular flexibility index (Phi) is 9.41. The molecule has 2 heterocycles. The molecule has 0 unspecified atom stereocenters. The van der Waals surface area contributed by atoms with Crippen LogP contribution in [0, 0.1) is 0 Å². The van der Waals surface area contributed by atoms with E-state index >= 15 is 0 Å². The summed E-state index contributed by atoms with van der Waals surface area (Å²) in [6, 6.07) is 20.8. The number of hydrogen-bond acceptors (Lipinski definition) is 4. The van der Waals surface area contributed by atoms with Crippen molar-refractivity contribution in [2.24, 2.45) is 0 Å². The quantitative estimate of drug-likeness (QED) is 0.494. The fourth-order valence-electron chi connectivity index (χ4n) is 3.17. The second-order valence-corrected chi connectivity index (χ2v) is 7.52. The highest BCUT2D eigenvalue weighted by molar-refractivity contribution is 7.17. The summed E-state index contributed by atoms with van der Waals surface area (Å²) in [5.74, 6) is -0.148. The lowest BCUT2D eigenvalue weighted by Gasteiger charge is -2.22. The van der Waals surface area contributed by atoms with Crippen molar-refractivity contribution < 1.29 is 15.0 Å². The molecule has 29 heavy (non-hydrogen) atoms. The van der Waals surface area contributed by atoms with Crippen molar-refractivity contribution in [1.29, 1.82) is 0 Å². The molecule has 0 amide bonds. The number of carboxylic acid groups (broad SMARTS) is 1. The van der Waals surface area contributed by atoms with Crippen LogP contribution < -0.4 is 5.32 Å². The van der Waals surface area contributed by atoms with E-state index in [2.05, 4.69) is 35.6 Å². The van der Waals surface area contributed by atoms with Crippen LogP contribution in [0.5, 0.6) is 5.06 Å². The molecule has 2 aromatic carbocycles. The van der Waals surface area contributed by atoms with Crippen molar-refractivity contribution in [2.75, 3.05) is 13.1 Å². The van der Waals surface area contributed by atoms with Crippen LogP contribution in [0.2, 0.25) is 0 Å². The van der Waals surface area contributed by atoms with Crippen molar-refractivity contribution >= 4 is 17.3 Å². The molecule has 1 fully saturated rings. The molecule has 0 bridgehead atoms. The van der Waals surface area contributed by atoms with Crippen LogP contribution in [-0.4, -0.2) is 29.3 Å². The number of aromatic carboxylic acids is 1. The summed E-state index contributed by atoms with van der Waals surface area (Å²) in [6.45, 7) is 6.36. The topological polar surface area (TPSA) is 69.6 Å². The van der Waals surface area contributed by atoms with Gasteiger partial charge in [0.05, 0.1) is 5.56 Å². The number of rotatable bonds is 3. The molecular formula is C24H29NO3S. The van der Waals surface area contributed by atoms with Gasteiger partial charge >= 0.3 is 5.97 Å². The predicted molar refractivity (Wildman–Crippen MR) is 121 cm³/mol. The van der Waals surface area contributed by atoms with E-state index in [0.29, 0.717) is 0 Å². The number of piperidine rings is 1. The second kappa shape index (κ2) is 12.0. The highest BCUT2D eigenvalue weighted by atomic mass is 32.1. The zero-order valence-electron chi connectivity index (χ0n) is 17.0. The fraction of sp³-hybridized carbons (Fsp3) is 0.292. The molecule has 0 atom stereocenters. The zero-order chi connectivity index (χ0) is 21.1. The van der Waals surface area contributed by atoms with E-state index in [0.717, 1.165) is 16.4 Å². The summed E-state index contributed by atoms with van der Waals surface area (Å²) in [5.41, 5.74) is 2.57.